The third-order valence-electron chi connectivity index (χ3n) is 2.77. The van der Waals surface area contributed by atoms with E-state index in [1.54, 1.807) is 6.21 Å². The minimum Gasteiger partial charge on any atom is -0.387 e. The molecule has 1 N–H and O–H groups in total. The van der Waals surface area contributed by atoms with Crippen LogP contribution < -0.4 is 0 Å². The van der Waals surface area contributed by atoms with Gasteiger partial charge in [-0.05, 0) is 18.4 Å². The Hall–Kier alpha value is -1.35. The second-order valence-corrected chi connectivity index (χ2v) is 4.18. The minimum absolute atomic E-state index is 0.483. The molecule has 0 amide bonds. The molecule has 1 fully saturated rings. The predicted octanol–water partition coefficient (Wildman–Crippen LogP) is 1.67. The van der Waals surface area contributed by atoms with Crippen molar-refractivity contribution in [1.29, 1.82) is 0 Å². The molecular weight excluding hydrogens is 200 g/mol. The van der Waals surface area contributed by atoms with Gasteiger partial charge in [0, 0.05) is 19.5 Å². The van der Waals surface area contributed by atoms with Gasteiger partial charge in [-0.15, -0.1) is 0 Å². The first-order valence-electron chi connectivity index (χ1n) is 5.85. The van der Waals surface area contributed by atoms with Gasteiger partial charge in [-0.25, -0.2) is 0 Å². The van der Waals surface area contributed by atoms with Crippen LogP contribution in [0.15, 0.2) is 35.4 Å². The maximum absolute atomic E-state index is 9.79. The summed E-state index contributed by atoms with van der Waals surface area (Å²) < 4.78 is 0. The molecule has 1 atom stereocenters. The van der Waals surface area contributed by atoms with Crippen LogP contribution in [-0.2, 0) is 6.42 Å². The van der Waals surface area contributed by atoms with Gasteiger partial charge in [0.1, 0.15) is 0 Å². The highest BCUT2D eigenvalue weighted by Gasteiger charge is 2.08. The highest BCUT2D eigenvalue weighted by atomic mass is 16.3. The molecule has 16 heavy (non-hydrogen) atoms. The molecule has 0 aromatic heterocycles. The van der Waals surface area contributed by atoms with Gasteiger partial charge >= 0.3 is 0 Å². The topological polar surface area (TPSA) is 35.8 Å². The number of aliphatic hydroxyl groups excluding tert-OH is 1. The lowest BCUT2D eigenvalue weighted by molar-refractivity contribution is 0.242. The summed E-state index contributed by atoms with van der Waals surface area (Å²) in [4.78, 5) is 0. The quantitative estimate of drug-likeness (QED) is 0.780. The van der Waals surface area contributed by atoms with Crippen molar-refractivity contribution in [2.24, 2.45) is 5.10 Å². The van der Waals surface area contributed by atoms with Gasteiger partial charge in [0.15, 0.2) is 0 Å². The molecule has 0 aliphatic carbocycles. The second kappa shape index (κ2) is 5.66. The van der Waals surface area contributed by atoms with E-state index in [4.69, 9.17) is 0 Å². The molecule has 1 unspecified atom stereocenters. The summed E-state index contributed by atoms with van der Waals surface area (Å²) in [5.74, 6) is 0. The van der Waals surface area contributed by atoms with E-state index in [0.717, 1.165) is 18.7 Å². The Balaban J connectivity index is 1.81. The number of aliphatic hydroxyl groups is 1. The molecule has 3 heteroatoms. The molecule has 1 aromatic carbocycles. The standard InChI is InChI=1S/C13H18N2O/c16-13(10-12-6-2-1-3-7-12)11-14-15-8-4-5-9-15/h1-3,6-7,11,13,16H,4-5,8-10H2/b14-11+. The van der Waals surface area contributed by atoms with Crippen molar-refractivity contribution in [3.63, 3.8) is 0 Å². The summed E-state index contributed by atoms with van der Waals surface area (Å²) in [6, 6.07) is 9.99. The van der Waals surface area contributed by atoms with E-state index in [2.05, 4.69) is 5.10 Å². The summed E-state index contributed by atoms with van der Waals surface area (Å²) in [5.41, 5.74) is 1.14. The Kier molecular flexibility index (Phi) is 3.94. The van der Waals surface area contributed by atoms with E-state index in [1.807, 2.05) is 35.3 Å². The van der Waals surface area contributed by atoms with Crippen LogP contribution in [0.2, 0.25) is 0 Å². The molecular formula is C13H18N2O. The lowest BCUT2D eigenvalue weighted by Crippen LogP contribution is -2.17. The normalized spacial score (nSPS) is 18.2. The lowest BCUT2D eigenvalue weighted by atomic mass is 10.1. The molecule has 3 nitrogen and oxygen atoms in total. The monoisotopic (exact) mass is 218 g/mol. The fourth-order valence-electron chi connectivity index (χ4n) is 1.90. The van der Waals surface area contributed by atoms with Crippen LogP contribution in [0.5, 0.6) is 0 Å². The lowest BCUT2D eigenvalue weighted by Gasteiger charge is -2.11. The van der Waals surface area contributed by atoms with E-state index in [0.29, 0.717) is 6.42 Å². The van der Waals surface area contributed by atoms with Crippen LogP contribution in [0, 0.1) is 0 Å². The number of rotatable bonds is 4. The van der Waals surface area contributed by atoms with Gasteiger partial charge in [0.05, 0.1) is 12.3 Å². The fraction of sp³-hybridized carbons (Fsp3) is 0.462. The maximum Gasteiger partial charge on any atom is 0.0949 e. The van der Waals surface area contributed by atoms with Crippen LogP contribution in [0.25, 0.3) is 0 Å². The first-order chi connectivity index (χ1) is 7.84. The fourth-order valence-corrected chi connectivity index (χ4v) is 1.90. The molecule has 1 aliphatic rings. The van der Waals surface area contributed by atoms with Crippen molar-refractivity contribution in [3.05, 3.63) is 35.9 Å². The van der Waals surface area contributed by atoms with E-state index in [1.165, 1.54) is 12.8 Å². The Bertz CT molecular complexity index is 331. The molecule has 0 radical (unpaired) electrons. The second-order valence-electron chi connectivity index (χ2n) is 4.18. The number of nitrogens with zero attached hydrogens (tertiary/aromatic N) is 2. The number of hydrogen-bond donors (Lipinski definition) is 1. The third kappa shape index (κ3) is 3.35. The van der Waals surface area contributed by atoms with Crippen molar-refractivity contribution in [1.82, 2.24) is 5.01 Å². The molecule has 0 bridgehead atoms. The number of hydrogen-bond acceptors (Lipinski definition) is 3. The van der Waals surface area contributed by atoms with Gasteiger partial charge in [-0.1, -0.05) is 30.3 Å². The summed E-state index contributed by atoms with van der Waals surface area (Å²) in [7, 11) is 0. The van der Waals surface area contributed by atoms with E-state index in [-0.39, 0.29) is 0 Å². The smallest absolute Gasteiger partial charge is 0.0949 e. The zero-order valence-electron chi connectivity index (χ0n) is 9.42. The largest absolute Gasteiger partial charge is 0.387 e. The number of hydrazone groups is 1. The molecule has 1 aromatic rings. The molecule has 2 rings (SSSR count). The highest BCUT2D eigenvalue weighted by molar-refractivity contribution is 5.62. The van der Waals surface area contributed by atoms with Gasteiger partial charge in [0.25, 0.3) is 0 Å². The summed E-state index contributed by atoms with van der Waals surface area (Å²) in [6.45, 7) is 2.04. The van der Waals surface area contributed by atoms with Crippen molar-refractivity contribution in [3.8, 4) is 0 Å². The van der Waals surface area contributed by atoms with Gasteiger partial charge in [-0.3, -0.25) is 5.01 Å². The summed E-state index contributed by atoms with van der Waals surface area (Å²) in [5, 5.41) is 16.1. The van der Waals surface area contributed by atoms with Gasteiger partial charge < -0.3 is 5.11 Å². The predicted molar refractivity (Wildman–Crippen MR) is 65.5 cm³/mol. The van der Waals surface area contributed by atoms with Gasteiger partial charge in [0.2, 0.25) is 0 Å². The Labute approximate surface area is 96.4 Å². The molecule has 86 valence electrons. The van der Waals surface area contributed by atoms with Crippen LogP contribution in [0.1, 0.15) is 18.4 Å². The zero-order chi connectivity index (χ0) is 11.2. The van der Waals surface area contributed by atoms with Crippen LogP contribution in [0.3, 0.4) is 0 Å². The molecule has 0 spiro atoms. The summed E-state index contributed by atoms with van der Waals surface area (Å²) >= 11 is 0. The van der Waals surface area contributed by atoms with Crippen LogP contribution >= 0.6 is 0 Å². The first-order valence-corrected chi connectivity index (χ1v) is 5.85. The van der Waals surface area contributed by atoms with Crippen molar-refractivity contribution in [2.45, 2.75) is 25.4 Å². The Morgan fingerprint density at radius 1 is 1.25 bits per heavy atom. The summed E-state index contributed by atoms with van der Waals surface area (Å²) in [6.07, 6.45) is 4.23. The number of benzene rings is 1. The van der Waals surface area contributed by atoms with Crippen LogP contribution in [0.4, 0.5) is 0 Å². The highest BCUT2D eigenvalue weighted by Crippen LogP contribution is 2.07. The maximum atomic E-state index is 9.79. The molecule has 1 aliphatic heterocycles. The van der Waals surface area contributed by atoms with E-state index in [9.17, 15) is 5.11 Å². The van der Waals surface area contributed by atoms with Crippen LogP contribution in [-0.4, -0.2) is 35.5 Å². The van der Waals surface area contributed by atoms with Gasteiger partial charge in [-0.2, -0.15) is 5.10 Å². The van der Waals surface area contributed by atoms with E-state index < -0.39 is 6.10 Å². The minimum atomic E-state index is -0.483. The first kappa shape index (κ1) is 11.1. The zero-order valence-corrected chi connectivity index (χ0v) is 9.42. The average molecular weight is 218 g/mol. The molecule has 0 saturated carbocycles. The Morgan fingerprint density at radius 2 is 1.94 bits per heavy atom. The van der Waals surface area contributed by atoms with Crippen molar-refractivity contribution < 1.29 is 5.11 Å². The van der Waals surface area contributed by atoms with E-state index >= 15 is 0 Å². The van der Waals surface area contributed by atoms with Crippen molar-refractivity contribution >= 4 is 6.21 Å². The Morgan fingerprint density at radius 3 is 2.62 bits per heavy atom. The molecule has 1 heterocycles. The van der Waals surface area contributed by atoms with Crippen molar-refractivity contribution in [2.75, 3.05) is 13.1 Å². The SMILES string of the molecule is OC(/C=N/N1CCCC1)Cc1ccccc1. The molecule has 1 saturated heterocycles. The third-order valence-corrected chi connectivity index (χ3v) is 2.77. The average Bonchev–Trinajstić information content (AvgIpc) is 2.81.